The molecule has 6 heteroatoms. The van der Waals surface area contributed by atoms with E-state index in [9.17, 15) is 4.79 Å². The van der Waals surface area contributed by atoms with Crippen LogP contribution in [0.15, 0.2) is 12.3 Å². The van der Waals surface area contributed by atoms with Crippen LogP contribution < -0.4 is 14.8 Å². The van der Waals surface area contributed by atoms with E-state index in [-0.39, 0.29) is 11.9 Å². The molecule has 0 aliphatic heterocycles. The summed E-state index contributed by atoms with van der Waals surface area (Å²) in [5, 5.41) is 2.46. The fourth-order valence-corrected chi connectivity index (χ4v) is 0.985. The second-order valence-corrected chi connectivity index (χ2v) is 2.77. The Morgan fingerprint density at radius 2 is 2.19 bits per heavy atom. The first-order valence-electron chi connectivity index (χ1n) is 4.56. The van der Waals surface area contributed by atoms with Gasteiger partial charge in [0, 0.05) is 19.3 Å². The summed E-state index contributed by atoms with van der Waals surface area (Å²) in [5.41, 5.74) is 0.604. The topological polar surface area (TPSA) is 73.3 Å². The largest absolute Gasteiger partial charge is 0.480 e. The summed E-state index contributed by atoms with van der Waals surface area (Å²) in [7, 11) is 4.50. The minimum atomic E-state index is -0.210. The molecule has 6 nitrogen and oxygen atoms in total. The molecule has 0 radical (unpaired) electrons. The molecule has 1 rings (SSSR count). The molecular weight excluding hydrogens is 210 g/mol. The van der Waals surface area contributed by atoms with Crippen molar-refractivity contribution in [3.05, 3.63) is 17.8 Å². The number of hydrogen-bond donors (Lipinski definition) is 1. The van der Waals surface area contributed by atoms with Crippen LogP contribution in [0.25, 0.3) is 6.08 Å². The van der Waals surface area contributed by atoms with E-state index in [0.29, 0.717) is 11.4 Å². The zero-order valence-electron chi connectivity index (χ0n) is 9.35. The van der Waals surface area contributed by atoms with Crippen molar-refractivity contribution in [2.75, 3.05) is 21.3 Å². The first kappa shape index (κ1) is 12.0. The third kappa shape index (κ3) is 2.94. The first-order chi connectivity index (χ1) is 7.71. The van der Waals surface area contributed by atoms with Gasteiger partial charge in [0.2, 0.25) is 11.8 Å². The van der Waals surface area contributed by atoms with Gasteiger partial charge in [-0.05, 0) is 6.08 Å². The summed E-state index contributed by atoms with van der Waals surface area (Å²) < 4.78 is 9.89. The van der Waals surface area contributed by atoms with Crippen LogP contribution in [0.5, 0.6) is 11.9 Å². The van der Waals surface area contributed by atoms with Crippen LogP contribution in [0.3, 0.4) is 0 Å². The number of nitrogens with one attached hydrogen (secondary N) is 1. The van der Waals surface area contributed by atoms with Crippen molar-refractivity contribution < 1.29 is 14.3 Å². The lowest BCUT2D eigenvalue weighted by molar-refractivity contribution is -0.115. The predicted molar refractivity (Wildman–Crippen MR) is 58.2 cm³/mol. The van der Waals surface area contributed by atoms with Gasteiger partial charge < -0.3 is 14.8 Å². The Morgan fingerprint density at radius 3 is 2.75 bits per heavy atom. The normalized spacial score (nSPS) is 10.2. The maximum atomic E-state index is 11.0. The average molecular weight is 223 g/mol. The summed E-state index contributed by atoms with van der Waals surface area (Å²) in [6.45, 7) is 0. The molecule has 1 aromatic heterocycles. The Labute approximate surface area is 93.3 Å². The molecule has 0 unspecified atom stereocenters. The summed E-state index contributed by atoms with van der Waals surface area (Å²) in [4.78, 5) is 18.9. The molecule has 1 amide bonds. The minimum absolute atomic E-state index is 0.210. The highest BCUT2D eigenvalue weighted by molar-refractivity contribution is 5.91. The second-order valence-electron chi connectivity index (χ2n) is 2.77. The van der Waals surface area contributed by atoms with Crippen molar-refractivity contribution in [2.45, 2.75) is 0 Å². The number of aromatic nitrogens is 2. The van der Waals surface area contributed by atoms with Crippen molar-refractivity contribution in [2.24, 2.45) is 0 Å². The number of ether oxygens (including phenoxy) is 2. The molecule has 0 fully saturated rings. The van der Waals surface area contributed by atoms with Crippen molar-refractivity contribution >= 4 is 12.0 Å². The van der Waals surface area contributed by atoms with Crippen LogP contribution in [0, 0.1) is 0 Å². The molecule has 0 aliphatic carbocycles. The maximum Gasteiger partial charge on any atom is 0.319 e. The molecule has 1 heterocycles. The molecule has 1 aromatic rings. The average Bonchev–Trinajstić information content (AvgIpc) is 2.35. The number of nitrogens with zero attached hydrogens (tertiary/aromatic N) is 2. The summed E-state index contributed by atoms with van der Waals surface area (Å²) >= 11 is 0. The quantitative estimate of drug-likeness (QED) is 0.741. The fraction of sp³-hybridized carbons (Fsp3) is 0.300. The van der Waals surface area contributed by atoms with Crippen LogP contribution in [-0.2, 0) is 4.79 Å². The van der Waals surface area contributed by atoms with Crippen molar-refractivity contribution in [1.82, 2.24) is 15.3 Å². The second kappa shape index (κ2) is 5.69. The molecule has 0 bridgehead atoms. The van der Waals surface area contributed by atoms with E-state index in [1.54, 1.807) is 13.1 Å². The Hall–Kier alpha value is -2.11. The molecule has 0 spiro atoms. The number of rotatable bonds is 4. The third-order valence-electron chi connectivity index (χ3n) is 1.79. The summed E-state index contributed by atoms with van der Waals surface area (Å²) in [6, 6.07) is 0.217. The van der Waals surface area contributed by atoms with Gasteiger partial charge in [-0.15, -0.1) is 0 Å². The molecule has 1 N–H and O–H groups in total. The zero-order valence-corrected chi connectivity index (χ0v) is 9.35. The lowest BCUT2D eigenvalue weighted by Crippen LogP contribution is -2.13. The molecule has 0 atom stereocenters. The van der Waals surface area contributed by atoms with E-state index in [1.165, 1.54) is 26.5 Å². The van der Waals surface area contributed by atoms with Gasteiger partial charge in [0.1, 0.15) is 0 Å². The van der Waals surface area contributed by atoms with Gasteiger partial charge in [0.15, 0.2) is 0 Å². The van der Waals surface area contributed by atoms with Crippen molar-refractivity contribution in [3.8, 4) is 11.9 Å². The van der Waals surface area contributed by atoms with Crippen LogP contribution in [-0.4, -0.2) is 37.1 Å². The van der Waals surface area contributed by atoms with Gasteiger partial charge in [0.05, 0.1) is 19.8 Å². The van der Waals surface area contributed by atoms with E-state index in [0.717, 1.165) is 0 Å². The molecule has 16 heavy (non-hydrogen) atoms. The van der Waals surface area contributed by atoms with E-state index in [2.05, 4.69) is 15.3 Å². The molecule has 0 saturated carbocycles. The van der Waals surface area contributed by atoms with E-state index < -0.39 is 0 Å². The van der Waals surface area contributed by atoms with Crippen LogP contribution in [0.1, 0.15) is 5.56 Å². The zero-order chi connectivity index (χ0) is 12.0. The molecule has 0 aliphatic rings. The number of amides is 1. The number of methoxy groups -OCH3 is 2. The number of carbonyl (C=O) groups is 1. The Bertz CT molecular complexity index is 404. The highest BCUT2D eigenvalue weighted by Gasteiger charge is 2.05. The van der Waals surface area contributed by atoms with Crippen LogP contribution in [0.4, 0.5) is 0 Å². The molecule has 0 saturated heterocycles. The molecule has 86 valence electrons. The SMILES string of the molecule is CNC(=O)/C=C/c1cnc(OC)nc1OC. The van der Waals surface area contributed by atoms with Gasteiger partial charge in [0.25, 0.3) is 0 Å². The number of hydrogen-bond acceptors (Lipinski definition) is 5. The van der Waals surface area contributed by atoms with Gasteiger partial charge in [-0.1, -0.05) is 0 Å². The first-order valence-corrected chi connectivity index (χ1v) is 4.56. The van der Waals surface area contributed by atoms with Gasteiger partial charge >= 0.3 is 6.01 Å². The lowest BCUT2D eigenvalue weighted by Gasteiger charge is -2.04. The number of carbonyl (C=O) groups excluding carboxylic acids is 1. The van der Waals surface area contributed by atoms with E-state index >= 15 is 0 Å². The van der Waals surface area contributed by atoms with E-state index in [4.69, 9.17) is 9.47 Å². The predicted octanol–water partition coefficient (Wildman–Crippen LogP) is 0.253. The van der Waals surface area contributed by atoms with Crippen LogP contribution in [0.2, 0.25) is 0 Å². The smallest absolute Gasteiger partial charge is 0.319 e. The maximum absolute atomic E-state index is 11.0. The molecule has 0 aromatic carbocycles. The molecular formula is C10H13N3O3. The fourth-order valence-electron chi connectivity index (χ4n) is 0.985. The summed E-state index contributed by atoms with van der Waals surface area (Å²) in [5.74, 6) is 0.143. The van der Waals surface area contributed by atoms with E-state index in [1.807, 2.05) is 0 Å². The van der Waals surface area contributed by atoms with Gasteiger partial charge in [-0.2, -0.15) is 4.98 Å². The van der Waals surface area contributed by atoms with Crippen molar-refractivity contribution in [3.63, 3.8) is 0 Å². The minimum Gasteiger partial charge on any atom is -0.480 e. The Balaban J connectivity index is 2.95. The standard InChI is InChI=1S/C10H13N3O3/c1-11-8(14)5-4-7-6-12-10(16-3)13-9(7)15-2/h4-6H,1-3H3,(H,11,14)/b5-4+. The summed E-state index contributed by atoms with van der Waals surface area (Å²) in [6.07, 6.45) is 4.45. The van der Waals surface area contributed by atoms with Crippen LogP contribution >= 0.6 is 0 Å². The Kier molecular flexibility index (Phi) is 4.26. The third-order valence-corrected chi connectivity index (χ3v) is 1.79. The van der Waals surface area contributed by atoms with Gasteiger partial charge in [-0.25, -0.2) is 4.98 Å². The Morgan fingerprint density at radius 1 is 1.44 bits per heavy atom. The van der Waals surface area contributed by atoms with Crippen molar-refractivity contribution in [1.29, 1.82) is 0 Å². The highest BCUT2D eigenvalue weighted by Crippen LogP contribution is 2.18. The lowest BCUT2D eigenvalue weighted by atomic mass is 10.3. The van der Waals surface area contributed by atoms with Gasteiger partial charge in [-0.3, -0.25) is 4.79 Å². The highest BCUT2D eigenvalue weighted by atomic mass is 16.5. The monoisotopic (exact) mass is 223 g/mol. The number of likely N-dealkylation sites (N-methyl/N-ethyl adjacent to an activating group) is 1.